The maximum absolute atomic E-state index is 13.4. The number of carbonyl (C=O) groups is 3. The molecule has 180 valence electrons. The average Bonchev–Trinajstić information content (AvgIpc) is 3.14. The number of rotatable bonds is 6. The molecular formula is C26H28N6O3. The highest BCUT2D eigenvalue weighted by Gasteiger charge is 2.42. The fraction of sp³-hybridized carbons (Fsp3) is 0.346. The first kappa shape index (κ1) is 24.0. The zero-order valence-corrected chi connectivity index (χ0v) is 20.0. The van der Waals surface area contributed by atoms with Crippen LogP contribution in [0.4, 0.5) is 0 Å². The molecule has 1 aliphatic rings. The normalized spacial score (nSPS) is 14.7. The number of nitrogens with two attached hydrogens (primary N) is 1. The van der Waals surface area contributed by atoms with Crippen LogP contribution in [0.25, 0.3) is 10.9 Å². The van der Waals surface area contributed by atoms with Crippen molar-refractivity contribution in [2.24, 2.45) is 17.1 Å². The average molecular weight is 473 g/mol. The van der Waals surface area contributed by atoms with Crippen LogP contribution in [-0.2, 0) is 16.1 Å². The molecule has 9 heteroatoms. The van der Waals surface area contributed by atoms with Crippen LogP contribution in [0.1, 0.15) is 42.4 Å². The van der Waals surface area contributed by atoms with E-state index in [1.807, 2.05) is 57.2 Å². The van der Waals surface area contributed by atoms with E-state index in [2.05, 4.69) is 16.5 Å². The number of likely N-dealkylation sites (tertiary alicyclic amines) is 1. The molecule has 3 amide bonds. The Labute approximate surface area is 203 Å². The molecule has 0 saturated carbocycles. The van der Waals surface area contributed by atoms with Crippen molar-refractivity contribution in [3.8, 4) is 6.07 Å². The van der Waals surface area contributed by atoms with E-state index in [4.69, 9.17) is 11.0 Å². The van der Waals surface area contributed by atoms with Gasteiger partial charge in [-0.25, -0.2) is 0 Å². The number of nitriles is 1. The van der Waals surface area contributed by atoms with Gasteiger partial charge in [0.25, 0.3) is 5.91 Å². The number of primary amides is 1. The van der Waals surface area contributed by atoms with E-state index in [9.17, 15) is 14.4 Å². The highest BCUT2D eigenvalue weighted by atomic mass is 16.2. The van der Waals surface area contributed by atoms with Gasteiger partial charge in [-0.3, -0.25) is 19.1 Å². The lowest BCUT2D eigenvalue weighted by atomic mass is 9.84. The van der Waals surface area contributed by atoms with Gasteiger partial charge < -0.3 is 16.0 Å². The quantitative estimate of drug-likeness (QED) is 0.566. The van der Waals surface area contributed by atoms with Crippen LogP contribution in [0, 0.1) is 22.7 Å². The summed E-state index contributed by atoms with van der Waals surface area (Å²) in [5.41, 5.74) is 7.29. The molecule has 0 spiro atoms. The van der Waals surface area contributed by atoms with Crippen molar-refractivity contribution in [1.82, 2.24) is 20.0 Å². The van der Waals surface area contributed by atoms with Crippen molar-refractivity contribution in [3.63, 3.8) is 0 Å². The third kappa shape index (κ3) is 4.87. The minimum absolute atomic E-state index is 0.231. The van der Waals surface area contributed by atoms with E-state index in [-0.39, 0.29) is 30.6 Å². The second-order valence-corrected chi connectivity index (χ2v) is 9.95. The number of nitrogens with zero attached hydrogens (tertiary/aromatic N) is 4. The number of benzene rings is 2. The minimum atomic E-state index is -0.800. The second-order valence-electron chi connectivity index (χ2n) is 9.95. The van der Waals surface area contributed by atoms with Crippen molar-refractivity contribution in [2.45, 2.75) is 33.4 Å². The molecule has 1 unspecified atom stereocenters. The SMILES string of the molecule is CC(C)(C)C(NC(=O)c1nn(Cc2ccc(C#N)cc2)c2ccccc12)C(=O)N1CC(C(N)=O)C1. The summed E-state index contributed by atoms with van der Waals surface area (Å²) < 4.78 is 1.74. The van der Waals surface area contributed by atoms with Crippen LogP contribution in [0.15, 0.2) is 48.5 Å². The molecular weight excluding hydrogens is 444 g/mol. The molecule has 1 aliphatic heterocycles. The van der Waals surface area contributed by atoms with Gasteiger partial charge in [0.15, 0.2) is 5.69 Å². The van der Waals surface area contributed by atoms with E-state index in [0.717, 1.165) is 11.1 Å². The molecule has 3 N–H and O–H groups in total. The van der Waals surface area contributed by atoms with Gasteiger partial charge >= 0.3 is 0 Å². The molecule has 2 aromatic carbocycles. The first-order chi connectivity index (χ1) is 16.6. The van der Waals surface area contributed by atoms with Crippen LogP contribution >= 0.6 is 0 Å². The van der Waals surface area contributed by atoms with Gasteiger partial charge in [-0.05, 0) is 29.2 Å². The fourth-order valence-corrected chi connectivity index (χ4v) is 4.14. The molecule has 1 fully saturated rings. The van der Waals surface area contributed by atoms with Crippen LogP contribution < -0.4 is 11.1 Å². The summed E-state index contributed by atoms with van der Waals surface area (Å²) in [6.07, 6.45) is 0. The number of fused-ring (bicyclic) bond motifs is 1. The third-order valence-corrected chi connectivity index (χ3v) is 6.27. The lowest BCUT2D eigenvalue weighted by molar-refractivity contribution is -0.145. The van der Waals surface area contributed by atoms with Crippen LogP contribution in [-0.4, -0.2) is 51.5 Å². The fourth-order valence-electron chi connectivity index (χ4n) is 4.14. The smallest absolute Gasteiger partial charge is 0.273 e. The minimum Gasteiger partial charge on any atom is -0.369 e. The van der Waals surface area contributed by atoms with E-state index in [0.29, 0.717) is 17.5 Å². The van der Waals surface area contributed by atoms with Crippen LogP contribution in [0.5, 0.6) is 0 Å². The lowest BCUT2D eigenvalue weighted by Gasteiger charge is -2.42. The van der Waals surface area contributed by atoms with Crippen molar-refractivity contribution in [3.05, 3.63) is 65.4 Å². The van der Waals surface area contributed by atoms with Crippen molar-refractivity contribution in [1.29, 1.82) is 5.26 Å². The topological polar surface area (TPSA) is 134 Å². The van der Waals surface area contributed by atoms with Gasteiger partial charge in [0.2, 0.25) is 11.8 Å². The number of amides is 3. The van der Waals surface area contributed by atoms with Gasteiger partial charge in [0, 0.05) is 18.5 Å². The summed E-state index contributed by atoms with van der Waals surface area (Å²) in [5.74, 6) is -1.47. The molecule has 9 nitrogen and oxygen atoms in total. The number of para-hydroxylation sites is 1. The predicted molar refractivity (Wildman–Crippen MR) is 130 cm³/mol. The molecule has 0 bridgehead atoms. The van der Waals surface area contributed by atoms with E-state index < -0.39 is 23.3 Å². The maximum Gasteiger partial charge on any atom is 0.273 e. The Balaban J connectivity index is 1.59. The summed E-state index contributed by atoms with van der Waals surface area (Å²) in [4.78, 5) is 39.5. The number of nitrogens with one attached hydrogen (secondary N) is 1. The summed E-state index contributed by atoms with van der Waals surface area (Å²) in [7, 11) is 0. The summed E-state index contributed by atoms with van der Waals surface area (Å²) in [5, 5.41) is 17.2. The van der Waals surface area contributed by atoms with Crippen molar-refractivity contribution >= 4 is 28.6 Å². The Morgan fingerprint density at radius 2 is 1.80 bits per heavy atom. The predicted octanol–water partition coefficient (Wildman–Crippen LogP) is 2.04. The van der Waals surface area contributed by atoms with Crippen LogP contribution in [0.2, 0.25) is 0 Å². The van der Waals surface area contributed by atoms with Gasteiger partial charge in [-0.1, -0.05) is 51.1 Å². The molecule has 4 rings (SSSR count). The first-order valence-electron chi connectivity index (χ1n) is 11.4. The van der Waals surface area contributed by atoms with Gasteiger partial charge in [0.05, 0.1) is 29.6 Å². The Hall–Kier alpha value is -4.19. The lowest BCUT2D eigenvalue weighted by Crippen LogP contribution is -2.62. The van der Waals surface area contributed by atoms with Crippen molar-refractivity contribution < 1.29 is 14.4 Å². The van der Waals surface area contributed by atoms with Gasteiger partial charge in [0.1, 0.15) is 6.04 Å². The van der Waals surface area contributed by atoms with Crippen LogP contribution in [0.3, 0.4) is 0 Å². The summed E-state index contributed by atoms with van der Waals surface area (Å²) in [6.45, 7) is 6.58. The molecule has 1 aromatic heterocycles. The van der Waals surface area contributed by atoms with Crippen molar-refractivity contribution in [2.75, 3.05) is 13.1 Å². The monoisotopic (exact) mass is 472 g/mol. The molecule has 3 aromatic rings. The molecule has 1 saturated heterocycles. The Morgan fingerprint density at radius 1 is 1.14 bits per heavy atom. The Morgan fingerprint density at radius 3 is 2.40 bits per heavy atom. The van der Waals surface area contributed by atoms with Gasteiger partial charge in [-0.2, -0.15) is 10.4 Å². The number of carbonyl (C=O) groups excluding carboxylic acids is 3. The van der Waals surface area contributed by atoms with Gasteiger partial charge in [-0.15, -0.1) is 0 Å². The zero-order chi connectivity index (χ0) is 25.3. The maximum atomic E-state index is 13.4. The highest BCUT2D eigenvalue weighted by Crippen LogP contribution is 2.26. The number of hydrogen-bond acceptors (Lipinski definition) is 5. The zero-order valence-electron chi connectivity index (χ0n) is 20.0. The molecule has 0 radical (unpaired) electrons. The molecule has 35 heavy (non-hydrogen) atoms. The largest absolute Gasteiger partial charge is 0.369 e. The summed E-state index contributed by atoms with van der Waals surface area (Å²) in [6, 6.07) is 15.9. The van der Waals surface area contributed by atoms with E-state index in [1.165, 1.54) is 0 Å². The Bertz CT molecular complexity index is 1320. The second kappa shape index (κ2) is 9.22. The van der Waals surface area contributed by atoms with E-state index in [1.54, 1.807) is 21.7 Å². The Kier molecular flexibility index (Phi) is 6.31. The standard InChI is InChI=1S/C26H28N6O3/c1-26(2,3)22(25(35)31-14-18(15-31)23(28)33)29-24(34)21-19-6-4-5-7-20(19)32(30-21)13-17-10-8-16(12-27)9-11-17/h4-11,18,22H,13-15H2,1-3H3,(H2,28,33)(H,29,34). The molecule has 1 atom stereocenters. The first-order valence-corrected chi connectivity index (χ1v) is 11.4. The summed E-state index contributed by atoms with van der Waals surface area (Å²) >= 11 is 0. The molecule has 0 aliphatic carbocycles. The third-order valence-electron chi connectivity index (χ3n) is 6.27. The molecule has 2 heterocycles. The van der Waals surface area contributed by atoms with E-state index >= 15 is 0 Å². The highest BCUT2D eigenvalue weighted by molar-refractivity contribution is 6.06. The number of aromatic nitrogens is 2. The number of hydrogen-bond donors (Lipinski definition) is 2.